The van der Waals surface area contributed by atoms with Gasteiger partial charge in [-0.2, -0.15) is 26.3 Å². The Bertz CT molecular complexity index is 1190. The highest BCUT2D eigenvalue weighted by Crippen LogP contribution is 2.43. The normalized spacial score (nSPS) is 21.3. The highest BCUT2D eigenvalue weighted by atomic mass is 28.4. The average molecular weight is 610 g/mol. The van der Waals surface area contributed by atoms with Gasteiger partial charge in [0.2, 0.25) is 0 Å². The lowest BCUT2D eigenvalue weighted by atomic mass is 9.90. The molecule has 0 aliphatic carbocycles. The van der Waals surface area contributed by atoms with E-state index in [9.17, 15) is 40.6 Å². The molecule has 0 saturated carbocycles. The Morgan fingerprint density at radius 1 is 1.00 bits per heavy atom. The summed E-state index contributed by atoms with van der Waals surface area (Å²) in [5.41, 5.74) is -2.83. The van der Waals surface area contributed by atoms with Crippen molar-refractivity contribution in [3.63, 3.8) is 0 Å². The quantitative estimate of drug-likeness (QED) is 0.253. The number of carbonyl (C=O) groups is 1. The summed E-state index contributed by atoms with van der Waals surface area (Å²) in [6.07, 6.45) is -13.6. The average Bonchev–Trinajstić information content (AvgIpc) is 3.19. The van der Waals surface area contributed by atoms with E-state index in [4.69, 9.17) is 9.16 Å². The zero-order chi connectivity index (χ0) is 31.1. The Balaban J connectivity index is 2.03. The number of hydrogen-bond donors (Lipinski definition) is 1. The third kappa shape index (κ3) is 7.61. The smallest absolute Gasteiger partial charge is 0.416 e. The van der Waals surface area contributed by atoms with Gasteiger partial charge in [-0.25, -0.2) is 9.18 Å². The lowest BCUT2D eigenvalue weighted by Gasteiger charge is -2.38. The highest BCUT2D eigenvalue weighted by molar-refractivity contribution is 6.74. The van der Waals surface area contributed by atoms with Crippen LogP contribution in [0.5, 0.6) is 0 Å². The van der Waals surface area contributed by atoms with Gasteiger partial charge in [-0.1, -0.05) is 32.9 Å². The van der Waals surface area contributed by atoms with Gasteiger partial charge in [-0.3, -0.25) is 4.90 Å². The molecule has 1 N–H and O–H groups in total. The summed E-state index contributed by atoms with van der Waals surface area (Å²) in [5.74, 6) is -1.28. The van der Waals surface area contributed by atoms with Crippen LogP contribution in [-0.2, 0) is 21.5 Å². The first kappa shape index (κ1) is 32.9. The number of likely N-dealkylation sites (tertiary alicyclic amines) is 1. The molecule has 0 spiro atoms. The molecule has 13 heteroatoms. The Morgan fingerprint density at radius 3 is 1.95 bits per heavy atom. The van der Waals surface area contributed by atoms with Crippen molar-refractivity contribution >= 4 is 14.4 Å². The minimum Gasteiger partial charge on any atom is -0.465 e. The van der Waals surface area contributed by atoms with Gasteiger partial charge < -0.3 is 14.3 Å². The summed E-state index contributed by atoms with van der Waals surface area (Å²) >= 11 is 0. The molecular formula is C28H34F7NO4Si. The molecule has 1 fully saturated rings. The van der Waals surface area contributed by atoms with E-state index in [0.29, 0.717) is 17.7 Å². The van der Waals surface area contributed by atoms with Crippen LogP contribution < -0.4 is 0 Å². The summed E-state index contributed by atoms with van der Waals surface area (Å²) in [5, 5.41) is 9.82. The van der Waals surface area contributed by atoms with E-state index in [1.807, 2.05) is 33.9 Å². The van der Waals surface area contributed by atoms with Crippen LogP contribution in [0.2, 0.25) is 18.1 Å². The number of halogens is 7. The van der Waals surface area contributed by atoms with Gasteiger partial charge in [-0.15, -0.1) is 0 Å². The van der Waals surface area contributed by atoms with E-state index in [0.717, 1.165) is 4.90 Å². The van der Waals surface area contributed by atoms with Crippen molar-refractivity contribution in [2.24, 2.45) is 0 Å². The number of carboxylic acid groups (broad SMARTS) is 1. The molecular weight excluding hydrogens is 575 g/mol. The molecule has 0 aromatic heterocycles. The van der Waals surface area contributed by atoms with Gasteiger partial charge in [0.25, 0.3) is 0 Å². The topological polar surface area (TPSA) is 59.0 Å². The third-order valence-electron chi connectivity index (χ3n) is 7.97. The monoisotopic (exact) mass is 609 g/mol. The molecule has 4 atom stereocenters. The third-order valence-corrected chi connectivity index (χ3v) is 12.5. The van der Waals surface area contributed by atoms with Gasteiger partial charge in [0.1, 0.15) is 5.82 Å². The van der Waals surface area contributed by atoms with E-state index < -0.39 is 67.9 Å². The lowest BCUT2D eigenvalue weighted by Crippen LogP contribution is -2.46. The number of benzene rings is 2. The molecule has 1 heterocycles. The minimum absolute atomic E-state index is 0.0269. The summed E-state index contributed by atoms with van der Waals surface area (Å²) < 4.78 is 107. The van der Waals surface area contributed by atoms with Crippen LogP contribution in [0.1, 0.15) is 62.0 Å². The van der Waals surface area contributed by atoms with Crippen molar-refractivity contribution < 1.29 is 49.8 Å². The molecule has 1 amide bonds. The number of hydrogen-bond acceptors (Lipinski definition) is 3. The van der Waals surface area contributed by atoms with Crippen molar-refractivity contribution in [2.75, 3.05) is 13.2 Å². The van der Waals surface area contributed by atoms with Gasteiger partial charge in [-0.05, 0) is 66.5 Å². The van der Waals surface area contributed by atoms with Crippen LogP contribution in [0.4, 0.5) is 35.5 Å². The second-order valence-corrected chi connectivity index (χ2v) is 16.6. The van der Waals surface area contributed by atoms with E-state index in [1.165, 1.54) is 31.2 Å². The van der Waals surface area contributed by atoms with Crippen molar-refractivity contribution in [1.82, 2.24) is 4.90 Å². The largest absolute Gasteiger partial charge is 0.465 e. The van der Waals surface area contributed by atoms with Crippen molar-refractivity contribution in [2.45, 2.75) is 82.3 Å². The fourth-order valence-corrected chi connectivity index (χ4v) is 5.63. The summed E-state index contributed by atoms with van der Waals surface area (Å²) in [4.78, 5) is 13.4. The van der Waals surface area contributed by atoms with Gasteiger partial charge >= 0.3 is 18.4 Å². The van der Waals surface area contributed by atoms with Gasteiger partial charge in [0.15, 0.2) is 8.32 Å². The Kier molecular flexibility index (Phi) is 9.27. The van der Waals surface area contributed by atoms with Crippen molar-refractivity contribution in [3.05, 3.63) is 70.5 Å². The predicted octanol–water partition coefficient (Wildman–Crippen LogP) is 8.48. The van der Waals surface area contributed by atoms with Crippen molar-refractivity contribution in [3.8, 4) is 0 Å². The molecule has 2 aromatic carbocycles. The molecule has 5 nitrogen and oxygen atoms in total. The van der Waals surface area contributed by atoms with E-state index >= 15 is 0 Å². The molecule has 1 aliphatic rings. The molecule has 2 aromatic rings. The molecule has 1 aliphatic heterocycles. The zero-order valence-electron chi connectivity index (χ0n) is 23.5. The fourth-order valence-electron chi connectivity index (χ4n) is 4.61. The number of ether oxygens (including phenoxy) is 1. The first-order valence-corrected chi connectivity index (χ1v) is 15.9. The molecule has 41 heavy (non-hydrogen) atoms. The molecule has 3 rings (SSSR count). The van der Waals surface area contributed by atoms with E-state index in [-0.39, 0.29) is 29.8 Å². The maximum absolute atomic E-state index is 13.8. The van der Waals surface area contributed by atoms with E-state index in [2.05, 4.69) is 0 Å². The lowest BCUT2D eigenvalue weighted by molar-refractivity contribution is -0.143. The first-order valence-electron chi connectivity index (χ1n) is 13.0. The first-order chi connectivity index (χ1) is 18.6. The minimum atomic E-state index is -5.04. The van der Waals surface area contributed by atoms with Crippen LogP contribution in [0.3, 0.4) is 0 Å². The molecule has 0 unspecified atom stereocenters. The summed E-state index contributed by atoms with van der Waals surface area (Å²) in [7, 11) is -2.36. The SMILES string of the molecule is C[C@@H](O[C@H]1CN(C(=O)O)[C@@H](CO[Si](C)(C)C(C)(C)C)[C@@H]1c1ccc(F)cc1)c1cc(C(F)(F)F)cc(C(F)(F)F)c1. The van der Waals surface area contributed by atoms with Crippen LogP contribution in [0, 0.1) is 5.82 Å². The predicted molar refractivity (Wildman–Crippen MR) is 141 cm³/mol. The fraction of sp³-hybridized carbons (Fsp3) is 0.536. The van der Waals surface area contributed by atoms with Gasteiger partial charge in [0, 0.05) is 5.92 Å². The number of rotatable bonds is 7. The highest BCUT2D eigenvalue weighted by Gasteiger charge is 2.48. The number of alkyl halides is 6. The Morgan fingerprint density at radius 2 is 1.51 bits per heavy atom. The Labute approximate surface area is 235 Å². The number of amides is 1. The zero-order valence-corrected chi connectivity index (χ0v) is 24.5. The maximum atomic E-state index is 13.8. The molecule has 228 valence electrons. The maximum Gasteiger partial charge on any atom is 0.416 e. The molecule has 0 bridgehead atoms. The second kappa shape index (κ2) is 11.6. The van der Waals surface area contributed by atoms with Gasteiger partial charge in [0.05, 0.1) is 42.5 Å². The van der Waals surface area contributed by atoms with Crippen LogP contribution >= 0.6 is 0 Å². The van der Waals surface area contributed by atoms with Crippen LogP contribution in [0.25, 0.3) is 0 Å². The number of nitrogens with zero attached hydrogens (tertiary/aromatic N) is 1. The molecule has 0 radical (unpaired) electrons. The second-order valence-electron chi connectivity index (χ2n) is 11.8. The van der Waals surface area contributed by atoms with Crippen LogP contribution in [-0.4, -0.2) is 49.7 Å². The summed E-state index contributed by atoms with van der Waals surface area (Å²) in [6, 6.07) is 5.70. The summed E-state index contributed by atoms with van der Waals surface area (Å²) in [6.45, 7) is 11.1. The molecule has 1 saturated heterocycles. The van der Waals surface area contributed by atoms with E-state index in [1.54, 1.807) is 0 Å². The van der Waals surface area contributed by atoms with Crippen molar-refractivity contribution in [1.29, 1.82) is 0 Å². The standard InChI is InChI=1S/C28H34F7NO4Si/c1-16(18-11-19(27(30,31)32)13-20(12-18)28(33,34)35)40-23-14-36(25(37)38)22(15-39-41(5,6)26(2,3)4)24(23)17-7-9-21(29)10-8-17/h7-13,16,22-24H,14-15H2,1-6H3,(H,37,38)/t16-,22+,23+,24+/m1/s1. The Hall–Kier alpha value is -2.64. The van der Waals surface area contributed by atoms with Crippen LogP contribution in [0.15, 0.2) is 42.5 Å².